The van der Waals surface area contributed by atoms with Crippen molar-refractivity contribution >= 4 is 5.91 Å². The Morgan fingerprint density at radius 1 is 1.28 bits per heavy atom. The number of benzene rings is 1. The van der Waals surface area contributed by atoms with Crippen LogP contribution in [0.1, 0.15) is 12.0 Å². The number of rotatable bonds is 2. The Morgan fingerprint density at radius 3 is 2.94 bits per heavy atom. The van der Waals surface area contributed by atoms with Crippen molar-refractivity contribution in [3.8, 4) is 0 Å². The van der Waals surface area contributed by atoms with Crippen molar-refractivity contribution in [2.24, 2.45) is 5.92 Å². The Kier molecular flexibility index (Phi) is 3.30. The molecule has 2 saturated heterocycles. The van der Waals surface area contributed by atoms with E-state index in [2.05, 4.69) is 39.8 Å². The van der Waals surface area contributed by atoms with E-state index in [4.69, 9.17) is 0 Å². The van der Waals surface area contributed by atoms with Crippen LogP contribution < -0.4 is 10.6 Å². The summed E-state index contributed by atoms with van der Waals surface area (Å²) in [7, 11) is 0. The van der Waals surface area contributed by atoms with Crippen LogP contribution in [0.25, 0.3) is 0 Å². The van der Waals surface area contributed by atoms with Crippen molar-refractivity contribution in [3.05, 3.63) is 35.9 Å². The second-order valence-corrected chi connectivity index (χ2v) is 5.14. The van der Waals surface area contributed by atoms with E-state index in [1.807, 2.05) is 6.07 Å². The van der Waals surface area contributed by atoms with E-state index in [1.165, 1.54) is 5.56 Å². The number of carbonyl (C=O) groups is 1. The highest BCUT2D eigenvalue weighted by atomic mass is 16.2. The molecule has 2 unspecified atom stereocenters. The summed E-state index contributed by atoms with van der Waals surface area (Å²) < 4.78 is 0. The molecule has 1 aromatic rings. The third kappa shape index (κ3) is 2.40. The van der Waals surface area contributed by atoms with Gasteiger partial charge in [0.25, 0.3) is 0 Å². The van der Waals surface area contributed by atoms with E-state index in [1.54, 1.807) is 0 Å². The Hall–Kier alpha value is -1.39. The van der Waals surface area contributed by atoms with Crippen LogP contribution in [-0.2, 0) is 11.3 Å². The highest BCUT2D eigenvalue weighted by Crippen LogP contribution is 2.21. The smallest absolute Gasteiger partial charge is 0.225 e. The molecule has 2 aliphatic rings. The molecule has 0 spiro atoms. The van der Waals surface area contributed by atoms with Crippen LogP contribution in [0.3, 0.4) is 0 Å². The van der Waals surface area contributed by atoms with Crippen LogP contribution in [-0.4, -0.2) is 36.6 Å². The highest BCUT2D eigenvalue weighted by Gasteiger charge is 2.36. The van der Waals surface area contributed by atoms with Gasteiger partial charge in [-0.1, -0.05) is 30.3 Å². The van der Waals surface area contributed by atoms with Gasteiger partial charge in [0.2, 0.25) is 5.91 Å². The molecule has 2 heterocycles. The van der Waals surface area contributed by atoms with E-state index in [-0.39, 0.29) is 11.8 Å². The van der Waals surface area contributed by atoms with Gasteiger partial charge >= 0.3 is 0 Å². The molecule has 4 nitrogen and oxygen atoms in total. The van der Waals surface area contributed by atoms with E-state index in [9.17, 15) is 4.79 Å². The number of nitrogens with zero attached hydrogens (tertiary/aromatic N) is 1. The van der Waals surface area contributed by atoms with Gasteiger partial charge in [-0.3, -0.25) is 15.0 Å². The lowest BCUT2D eigenvalue weighted by Crippen LogP contribution is -2.61. The first kappa shape index (κ1) is 11.7. The summed E-state index contributed by atoms with van der Waals surface area (Å²) in [6.45, 7) is 3.56. The summed E-state index contributed by atoms with van der Waals surface area (Å²) in [5.41, 5.74) is 1.34. The summed E-state index contributed by atoms with van der Waals surface area (Å²) in [5.74, 6) is 0.379. The molecule has 0 saturated carbocycles. The number of hydrogen-bond donors (Lipinski definition) is 2. The first-order valence-corrected chi connectivity index (χ1v) is 6.60. The number of nitrogens with one attached hydrogen (secondary N) is 2. The number of likely N-dealkylation sites (tertiary alicyclic amines) is 1. The van der Waals surface area contributed by atoms with Crippen LogP contribution in [0, 0.1) is 5.92 Å². The average Bonchev–Trinajstić information content (AvgIpc) is 2.40. The normalized spacial score (nSPS) is 28.6. The largest absolute Gasteiger partial charge is 0.343 e. The molecule has 0 radical (unpaired) electrons. The standard InChI is InChI=1S/C14H19N3O/c18-14-12-6-7-17(9-13(12)15-10-16-14)8-11-4-2-1-3-5-11/h1-5,12-13,15H,6-10H2,(H,16,18). The van der Waals surface area contributed by atoms with Crippen LogP contribution in [0.4, 0.5) is 0 Å². The van der Waals surface area contributed by atoms with Gasteiger partial charge in [-0.25, -0.2) is 0 Å². The van der Waals surface area contributed by atoms with E-state index in [0.717, 1.165) is 26.1 Å². The van der Waals surface area contributed by atoms with Crippen molar-refractivity contribution < 1.29 is 4.79 Å². The van der Waals surface area contributed by atoms with Crippen molar-refractivity contribution in [3.63, 3.8) is 0 Å². The number of carbonyl (C=O) groups excluding carboxylic acids is 1. The zero-order valence-electron chi connectivity index (χ0n) is 10.4. The van der Waals surface area contributed by atoms with Gasteiger partial charge in [0, 0.05) is 19.1 Å². The van der Waals surface area contributed by atoms with E-state index < -0.39 is 0 Å². The maximum absolute atomic E-state index is 11.7. The molecule has 2 N–H and O–H groups in total. The molecule has 2 fully saturated rings. The molecule has 0 aliphatic carbocycles. The number of hydrogen-bond acceptors (Lipinski definition) is 3. The summed E-state index contributed by atoms with van der Waals surface area (Å²) in [6, 6.07) is 10.8. The minimum Gasteiger partial charge on any atom is -0.343 e. The zero-order valence-corrected chi connectivity index (χ0v) is 10.4. The lowest BCUT2D eigenvalue weighted by Gasteiger charge is -2.41. The molecular weight excluding hydrogens is 226 g/mol. The molecule has 1 amide bonds. The Morgan fingerprint density at radius 2 is 2.11 bits per heavy atom. The van der Waals surface area contributed by atoms with Crippen LogP contribution in [0.15, 0.2) is 30.3 Å². The minimum atomic E-state index is 0.158. The van der Waals surface area contributed by atoms with Crippen LogP contribution >= 0.6 is 0 Å². The zero-order chi connectivity index (χ0) is 12.4. The second-order valence-electron chi connectivity index (χ2n) is 5.14. The molecule has 96 valence electrons. The lowest BCUT2D eigenvalue weighted by atomic mass is 9.89. The van der Waals surface area contributed by atoms with Gasteiger partial charge in [0.1, 0.15) is 0 Å². The fourth-order valence-electron chi connectivity index (χ4n) is 2.93. The molecule has 3 rings (SSSR count). The molecule has 0 aromatic heterocycles. The summed E-state index contributed by atoms with van der Waals surface area (Å²) in [4.78, 5) is 14.2. The quantitative estimate of drug-likeness (QED) is 0.800. The summed E-state index contributed by atoms with van der Waals surface area (Å²) in [5, 5.41) is 6.27. The molecule has 2 atom stereocenters. The monoisotopic (exact) mass is 245 g/mol. The predicted molar refractivity (Wildman–Crippen MR) is 69.8 cm³/mol. The van der Waals surface area contributed by atoms with Crippen molar-refractivity contribution in [2.45, 2.75) is 19.0 Å². The molecular formula is C14H19N3O. The Balaban J connectivity index is 1.62. The van der Waals surface area contributed by atoms with E-state index in [0.29, 0.717) is 12.7 Å². The van der Waals surface area contributed by atoms with Gasteiger partial charge in [0.05, 0.1) is 12.6 Å². The molecule has 4 heteroatoms. The fraction of sp³-hybridized carbons (Fsp3) is 0.500. The number of piperidine rings is 1. The Labute approximate surface area is 107 Å². The summed E-state index contributed by atoms with van der Waals surface area (Å²) in [6.07, 6.45) is 0.955. The molecule has 1 aromatic carbocycles. The van der Waals surface area contributed by atoms with Crippen molar-refractivity contribution in [1.82, 2.24) is 15.5 Å². The third-order valence-electron chi connectivity index (χ3n) is 3.91. The third-order valence-corrected chi connectivity index (χ3v) is 3.91. The number of amides is 1. The maximum Gasteiger partial charge on any atom is 0.225 e. The fourth-order valence-corrected chi connectivity index (χ4v) is 2.93. The van der Waals surface area contributed by atoms with Crippen LogP contribution in [0.5, 0.6) is 0 Å². The van der Waals surface area contributed by atoms with Gasteiger partial charge in [0.15, 0.2) is 0 Å². The van der Waals surface area contributed by atoms with Gasteiger partial charge in [-0.2, -0.15) is 0 Å². The topological polar surface area (TPSA) is 44.4 Å². The van der Waals surface area contributed by atoms with Crippen molar-refractivity contribution in [1.29, 1.82) is 0 Å². The van der Waals surface area contributed by atoms with E-state index >= 15 is 0 Å². The molecule has 0 bridgehead atoms. The minimum absolute atomic E-state index is 0.158. The van der Waals surface area contributed by atoms with Crippen molar-refractivity contribution in [2.75, 3.05) is 19.8 Å². The van der Waals surface area contributed by atoms with Gasteiger partial charge in [-0.05, 0) is 18.5 Å². The average molecular weight is 245 g/mol. The molecule has 2 aliphatic heterocycles. The highest BCUT2D eigenvalue weighted by molar-refractivity contribution is 5.80. The SMILES string of the molecule is O=C1NCNC2CN(Cc3ccccc3)CCC12. The second kappa shape index (κ2) is 5.08. The van der Waals surface area contributed by atoms with Gasteiger partial charge in [-0.15, -0.1) is 0 Å². The lowest BCUT2D eigenvalue weighted by molar-refractivity contribution is -0.129. The first-order valence-electron chi connectivity index (χ1n) is 6.60. The first-order chi connectivity index (χ1) is 8.83. The number of fused-ring (bicyclic) bond motifs is 1. The molecule has 18 heavy (non-hydrogen) atoms. The maximum atomic E-state index is 11.7. The summed E-state index contributed by atoms with van der Waals surface area (Å²) >= 11 is 0. The van der Waals surface area contributed by atoms with Crippen LogP contribution in [0.2, 0.25) is 0 Å². The van der Waals surface area contributed by atoms with Gasteiger partial charge < -0.3 is 5.32 Å². The Bertz CT molecular complexity index is 420. The predicted octanol–water partition coefficient (Wildman–Crippen LogP) is 0.554.